The minimum absolute atomic E-state index is 0.227. The molecule has 152 valence electrons. The fourth-order valence-electron chi connectivity index (χ4n) is 3.72. The van der Waals surface area contributed by atoms with Crippen molar-refractivity contribution in [2.45, 2.75) is 30.7 Å². The third-order valence-electron chi connectivity index (χ3n) is 5.36. The first-order chi connectivity index (χ1) is 14.0. The van der Waals surface area contributed by atoms with Crippen LogP contribution >= 0.6 is 0 Å². The molecule has 8 heteroatoms. The topological polar surface area (TPSA) is 84.3 Å². The summed E-state index contributed by atoms with van der Waals surface area (Å²) in [4.78, 5) is 17.1. The quantitative estimate of drug-likeness (QED) is 0.698. The van der Waals surface area contributed by atoms with Gasteiger partial charge in [0.1, 0.15) is 5.69 Å². The summed E-state index contributed by atoms with van der Waals surface area (Å²) in [5.74, 6) is -0.227. The number of nitrogens with zero attached hydrogens (tertiary/aromatic N) is 3. The van der Waals surface area contributed by atoms with Gasteiger partial charge in [0.05, 0.1) is 17.1 Å². The molecular formula is C21H24N4O3S. The molecule has 3 heterocycles. The van der Waals surface area contributed by atoms with E-state index in [0.717, 1.165) is 35.9 Å². The van der Waals surface area contributed by atoms with E-state index in [4.69, 9.17) is 0 Å². The van der Waals surface area contributed by atoms with Gasteiger partial charge in [-0.2, -0.15) is 4.31 Å². The third kappa shape index (κ3) is 3.90. The lowest BCUT2D eigenvalue weighted by molar-refractivity contribution is 0.0942. The van der Waals surface area contributed by atoms with E-state index in [1.54, 1.807) is 46.4 Å². The van der Waals surface area contributed by atoms with Gasteiger partial charge in [0.25, 0.3) is 5.91 Å². The summed E-state index contributed by atoms with van der Waals surface area (Å²) in [7, 11) is -1.71. The van der Waals surface area contributed by atoms with Crippen LogP contribution in [0.3, 0.4) is 0 Å². The second-order valence-corrected chi connectivity index (χ2v) is 9.22. The summed E-state index contributed by atoms with van der Waals surface area (Å²) in [5, 5.41) is 3.59. The van der Waals surface area contributed by atoms with Crippen molar-refractivity contribution in [3.05, 3.63) is 60.0 Å². The molecule has 0 spiro atoms. The van der Waals surface area contributed by atoms with E-state index >= 15 is 0 Å². The van der Waals surface area contributed by atoms with Crippen LogP contribution in [-0.2, 0) is 23.6 Å². The van der Waals surface area contributed by atoms with Crippen molar-refractivity contribution >= 4 is 26.8 Å². The summed E-state index contributed by atoms with van der Waals surface area (Å²) >= 11 is 0. The van der Waals surface area contributed by atoms with E-state index in [-0.39, 0.29) is 10.8 Å². The Kier molecular flexibility index (Phi) is 5.38. The molecule has 0 aliphatic carbocycles. The fraction of sp³-hybridized carbons (Fsp3) is 0.333. The Hall–Kier alpha value is -2.71. The van der Waals surface area contributed by atoms with E-state index in [2.05, 4.69) is 10.3 Å². The van der Waals surface area contributed by atoms with Gasteiger partial charge in [-0.3, -0.25) is 9.78 Å². The molecule has 1 fully saturated rings. The number of rotatable bonds is 5. The number of carbonyl (C=O) groups is 1. The Morgan fingerprint density at radius 1 is 1.10 bits per heavy atom. The molecule has 7 nitrogen and oxygen atoms in total. The van der Waals surface area contributed by atoms with E-state index < -0.39 is 10.0 Å². The van der Waals surface area contributed by atoms with Gasteiger partial charge in [0, 0.05) is 37.2 Å². The molecule has 1 saturated heterocycles. The molecular weight excluding hydrogens is 388 g/mol. The molecule has 0 atom stereocenters. The van der Waals surface area contributed by atoms with Crippen LogP contribution in [-0.4, -0.2) is 41.3 Å². The number of piperidine rings is 1. The Morgan fingerprint density at radius 2 is 1.90 bits per heavy atom. The summed E-state index contributed by atoms with van der Waals surface area (Å²) < 4.78 is 29.2. The van der Waals surface area contributed by atoms with Gasteiger partial charge in [-0.05, 0) is 49.2 Å². The first-order valence-corrected chi connectivity index (χ1v) is 11.2. The lowest BCUT2D eigenvalue weighted by Gasteiger charge is -2.25. The minimum atomic E-state index is -3.51. The Balaban J connectivity index is 1.59. The second kappa shape index (κ2) is 7.96. The van der Waals surface area contributed by atoms with Crippen LogP contribution in [0.5, 0.6) is 0 Å². The highest BCUT2D eigenvalue weighted by Crippen LogP contribution is 2.26. The highest BCUT2D eigenvalue weighted by Gasteiger charge is 2.26. The average Bonchev–Trinajstić information content (AvgIpc) is 3.09. The van der Waals surface area contributed by atoms with E-state index in [9.17, 15) is 13.2 Å². The SMILES string of the molecule is Cn1c(C(=O)NCc2ccccn2)cc2cc(S(=O)(=O)N3CCCCC3)ccc21. The van der Waals surface area contributed by atoms with Crippen molar-refractivity contribution < 1.29 is 13.2 Å². The lowest BCUT2D eigenvalue weighted by Crippen LogP contribution is -2.35. The van der Waals surface area contributed by atoms with Gasteiger partial charge in [0.2, 0.25) is 10.0 Å². The molecule has 3 aromatic rings. The third-order valence-corrected chi connectivity index (χ3v) is 7.25. The highest BCUT2D eigenvalue weighted by molar-refractivity contribution is 7.89. The van der Waals surface area contributed by atoms with Crippen LogP contribution in [0.4, 0.5) is 0 Å². The number of carbonyl (C=O) groups excluding carboxylic acids is 1. The largest absolute Gasteiger partial charge is 0.345 e. The Morgan fingerprint density at radius 3 is 2.62 bits per heavy atom. The zero-order valence-corrected chi connectivity index (χ0v) is 17.2. The number of fused-ring (bicyclic) bond motifs is 1. The van der Waals surface area contributed by atoms with Crippen LogP contribution < -0.4 is 5.32 Å². The van der Waals surface area contributed by atoms with Crippen molar-refractivity contribution in [3.8, 4) is 0 Å². The van der Waals surface area contributed by atoms with E-state index in [1.165, 1.54) is 0 Å². The van der Waals surface area contributed by atoms with Crippen LogP contribution in [0.1, 0.15) is 35.4 Å². The number of hydrogen-bond acceptors (Lipinski definition) is 4. The molecule has 1 N–H and O–H groups in total. The number of benzene rings is 1. The van der Waals surface area contributed by atoms with Crippen molar-refractivity contribution in [1.82, 2.24) is 19.2 Å². The summed E-state index contributed by atoms with van der Waals surface area (Å²) in [6.45, 7) is 1.46. The molecule has 1 aromatic carbocycles. The number of pyridine rings is 1. The number of amides is 1. The summed E-state index contributed by atoms with van der Waals surface area (Å²) in [5.41, 5.74) is 2.06. The summed E-state index contributed by atoms with van der Waals surface area (Å²) in [6, 6.07) is 12.3. The average molecular weight is 413 g/mol. The number of aryl methyl sites for hydroxylation is 1. The molecule has 0 unspecified atom stereocenters. The van der Waals surface area contributed by atoms with Crippen molar-refractivity contribution in [3.63, 3.8) is 0 Å². The highest BCUT2D eigenvalue weighted by atomic mass is 32.2. The molecule has 2 aromatic heterocycles. The minimum Gasteiger partial charge on any atom is -0.345 e. The fourth-order valence-corrected chi connectivity index (χ4v) is 5.28. The molecule has 0 radical (unpaired) electrons. The van der Waals surface area contributed by atoms with Crippen LogP contribution in [0.25, 0.3) is 10.9 Å². The van der Waals surface area contributed by atoms with Crippen molar-refractivity contribution in [2.75, 3.05) is 13.1 Å². The number of nitrogens with one attached hydrogen (secondary N) is 1. The maximum atomic E-state index is 12.9. The maximum absolute atomic E-state index is 12.9. The van der Waals surface area contributed by atoms with Gasteiger partial charge in [-0.25, -0.2) is 8.42 Å². The monoisotopic (exact) mass is 412 g/mol. The second-order valence-electron chi connectivity index (χ2n) is 7.28. The Bertz CT molecular complexity index is 1130. The molecule has 0 saturated carbocycles. The molecule has 1 amide bonds. The van der Waals surface area contributed by atoms with Gasteiger partial charge >= 0.3 is 0 Å². The molecule has 29 heavy (non-hydrogen) atoms. The smallest absolute Gasteiger partial charge is 0.268 e. The van der Waals surface area contributed by atoms with Crippen LogP contribution in [0.2, 0.25) is 0 Å². The number of aromatic nitrogens is 2. The normalized spacial score (nSPS) is 15.5. The van der Waals surface area contributed by atoms with Crippen LogP contribution in [0.15, 0.2) is 53.6 Å². The Labute approximate surface area is 170 Å². The maximum Gasteiger partial charge on any atom is 0.268 e. The zero-order valence-electron chi connectivity index (χ0n) is 16.3. The van der Waals surface area contributed by atoms with Gasteiger partial charge in [0.15, 0.2) is 0 Å². The predicted molar refractivity (Wildman–Crippen MR) is 111 cm³/mol. The molecule has 1 aliphatic heterocycles. The van der Waals surface area contributed by atoms with E-state index in [0.29, 0.717) is 25.3 Å². The number of hydrogen-bond donors (Lipinski definition) is 1. The van der Waals surface area contributed by atoms with Crippen molar-refractivity contribution in [2.24, 2.45) is 7.05 Å². The van der Waals surface area contributed by atoms with E-state index in [1.807, 2.05) is 18.2 Å². The lowest BCUT2D eigenvalue weighted by atomic mass is 10.2. The van der Waals surface area contributed by atoms with Gasteiger partial charge in [-0.15, -0.1) is 0 Å². The predicted octanol–water partition coefficient (Wildman–Crippen LogP) is 2.68. The van der Waals surface area contributed by atoms with Gasteiger partial charge < -0.3 is 9.88 Å². The zero-order chi connectivity index (χ0) is 20.4. The summed E-state index contributed by atoms with van der Waals surface area (Å²) in [6.07, 6.45) is 4.55. The number of sulfonamides is 1. The first kappa shape index (κ1) is 19.6. The molecule has 1 aliphatic rings. The van der Waals surface area contributed by atoms with Crippen molar-refractivity contribution in [1.29, 1.82) is 0 Å². The molecule has 0 bridgehead atoms. The standard InChI is InChI=1S/C21H24N4O3S/c1-24-19-9-8-18(29(27,28)25-11-5-2-6-12-25)13-16(19)14-20(24)21(26)23-15-17-7-3-4-10-22-17/h3-4,7-10,13-14H,2,5-6,11-12,15H2,1H3,(H,23,26). The first-order valence-electron chi connectivity index (χ1n) is 9.74. The van der Waals surface area contributed by atoms with Crippen LogP contribution in [0, 0.1) is 0 Å². The molecule has 4 rings (SSSR count). The van der Waals surface area contributed by atoms with Gasteiger partial charge in [-0.1, -0.05) is 12.5 Å².